The van der Waals surface area contributed by atoms with Crippen LogP contribution in [-0.2, 0) is 9.53 Å². The van der Waals surface area contributed by atoms with Crippen LogP contribution >= 0.6 is 0 Å². The van der Waals surface area contributed by atoms with E-state index >= 15 is 0 Å². The fourth-order valence-electron chi connectivity index (χ4n) is 2.07. The van der Waals surface area contributed by atoms with Gasteiger partial charge in [0.25, 0.3) is 0 Å². The average Bonchev–Trinajstić information content (AvgIpc) is 2.48. The smallest absolute Gasteiger partial charge is 0.408 e. The molecule has 3 amide bonds. The zero-order chi connectivity index (χ0) is 18.7. The molecule has 1 heterocycles. The van der Waals surface area contributed by atoms with Crippen molar-refractivity contribution in [2.75, 3.05) is 26.2 Å². The quantitative estimate of drug-likeness (QED) is 0.777. The summed E-state index contributed by atoms with van der Waals surface area (Å²) < 4.78 is 42.7. The van der Waals surface area contributed by atoms with Crippen molar-refractivity contribution in [3.05, 3.63) is 0 Å². The van der Waals surface area contributed by atoms with E-state index in [4.69, 9.17) is 9.84 Å². The van der Waals surface area contributed by atoms with Crippen LogP contribution in [0.15, 0.2) is 0 Å². The van der Waals surface area contributed by atoms with Gasteiger partial charge in [-0.1, -0.05) is 0 Å². The van der Waals surface area contributed by atoms with Crippen LogP contribution in [0.2, 0.25) is 0 Å². The molecule has 1 fully saturated rings. The Morgan fingerprint density at radius 1 is 1.29 bits per heavy atom. The number of nitrogens with one attached hydrogen (secondary N) is 1. The van der Waals surface area contributed by atoms with E-state index < -0.39 is 55.5 Å². The van der Waals surface area contributed by atoms with E-state index in [1.54, 1.807) is 20.8 Å². The van der Waals surface area contributed by atoms with Gasteiger partial charge in [0.05, 0.1) is 6.54 Å². The molecule has 0 bridgehead atoms. The van der Waals surface area contributed by atoms with Gasteiger partial charge in [-0.3, -0.25) is 4.79 Å². The highest BCUT2D eigenvalue weighted by Gasteiger charge is 2.39. The Bertz CT molecular complexity index is 504. The van der Waals surface area contributed by atoms with Gasteiger partial charge in [0.1, 0.15) is 18.2 Å². The summed E-state index contributed by atoms with van der Waals surface area (Å²) in [5.41, 5.74) is -0.879. The number of rotatable bonds is 2. The first-order valence-electron chi connectivity index (χ1n) is 7.11. The first-order chi connectivity index (χ1) is 10.8. The van der Waals surface area contributed by atoms with Gasteiger partial charge >= 0.3 is 18.4 Å². The number of ether oxygens (including phenoxy) is 1. The van der Waals surface area contributed by atoms with Gasteiger partial charge in [0, 0.05) is 13.1 Å². The molecule has 0 spiro atoms. The van der Waals surface area contributed by atoms with E-state index in [2.05, 4.69) is 5.32 Å². The zero-order valence-corrected chi connectivity index (χ0v) is 13.5. The van der Waals surface area contributed by atoms with Crippen LogP contribution in [0.3, 0.4) is 0 Å². The molecule has 0 aromatic rings. The molecule has 0 aromatic heterocycles. The van der Waals surface area contributed by atoms with E-state index in [1.165, 1.54) is 0 Å². The Morgan fingerprint density at radius 2 is 1.88 bits per heavy atom. The molecule has 1 saturated heterocycles. The van der Waals surface area contributed by atoms with Gasteiger partial charge in [-0.2, -0.15) is 13.2 Å². The third-order valence-corrected chi connectivity index (χ3v) is 2.98. The lowest BCUT2D eigenvalue weighted by Crippen LogP contribution is -2.53. The van der Waals surface area contributed by atoms with Crippen LogP contribution < -0.4 is 5.32 Å². The number of nitrogens with zero attached hydrogens (tertiary/aromatic N) is 2. The highest BCUT2D eigenvalue weighted by molar-refractivity contribution is 5.87. The summed E-state index contributed by atoms with van der Waals surface area (Å²) >= 11 is 0. The SMILES string of the molecule is CC(C)(C)OC(=O)NC1CN(C(=O)O)CCN(CC(F)(F)F)C1=O. The maximum atomic E-state index is 12.6. The van der Waals surface area contributed by atoms with Crippen molar-refractivity contribution >= 4 is 18.1 Å². The van der Waals surface area contributed by atoms with Gasteiger partial charge in [-0.25, -0.2) is 9.59 Å². The van der Waals surface area contributed by atoms with Crippen LogP contribution in [0.1, 0.15) is 20.8 Å². The van der Waals surface area contributed by atoms with Gasteiger partial charge in [0.15, 0.2) is 0 Å². The molecular formula is C13H20F3N3O5. The molecule has 1 rings (SSSR count). The first-order valence-corrected chi connectivity index (χ1v) is 7.11. The Kier molecular flexibility index (Phi) is 5.90. The summed E-state index contributed by atoms with van der Waals surface area (Å²) in [5.74, 6) is -1.01. The highest BCUT2D eigenvalue weighted by Crippen LogP contribution is 2.18. The van der Waals surface area contributed by atoms with Crippen molar-refractivity contribution in [3.8, 4) is 0 Å². The predicted molar refractivity (Wildman–Crippen MR) is 75.4 cm³/mol. The minimum atomic E-state index is -4.63. The Labute approximate surface area is 136 Å². The Morgan fingerprint density at radius 3 is 2.33 bits per heavy atom. The van der Waals surface area contributed by atoms with Crippen molar-refractivity contribution in [2.24, 2.45) is 0 Å². The summed E-state index contributed by atoms with van der Waals surface area (Å²) in [5, 5.41) is 11.2. The second-order valence-electron chi connectivity index (χ2n) is 6.30. The van der Waals surface area contributed by atoms with E-state index in [9.17, 15) is 27.6 Å². The molecule has 8 nitrogen and oxygen atoms in total. The van der Waals surface area contributed by atoms with Crippen molar-refractivity contribution in [1.82, 2.24) is 15.1 Å². The average molecular weight is 355 g/mol. The molecule has 1 aliphatic heterocycles. The predicted octanol–water partition coefficient (Wildman–Crippen LogP) is 1.26. The second-order valence-corrected chi connectivity index (χ2v) is 6.30. The number of carbonyl (C=O) groups excluding carboxylic acids is 2. The van der Waals surface area contributed by atoms with Crippen molar-refractivity contribution in [1.29, 1.82) is 0 Å². The van der Waals surface area contributed by atoms with Crippen LogP contribution in [-0.4, -0.2) is 77.0 Å². The van der Waals surface area contributed by atoms with Crippen LogP contribution in [0, 0.1) is 0 Å². The van der Waals surface area contributed by atoms with Crippen LogP contribution in [0.4, 0.5) is 22.8 Å². The summed E-state index contributed by atoms with van der Waals surface area (Å²) in [6, 6.07) is -1.46. The number of carbonyl (C=O) groups is 3. The second kappa shape index (κ2) is 7.14. The molecule has 24 heavy (non-hydrogen) atoms. The number of hydrogen-bond acceptors (Lipinski definition) is 4. The monoisotopic (exact) mass is 355 g/mol. The van der Waals surface area contributed by atoms with E-state index in [-0.39, 0.29) is 6.54 Å². The molecule has 11 heteroatoms. The van der Waals surface area contributed by atoms with Crippen LogP contribution in [0.5, 0.6) is 0 Å². The highest BCUT2D eigenvalue weighted by atomic mass is 19.4. The van der Waals surface area contributed by atoms with Gasteiger partial charge in [-0.15, -0.1) is 0 Å². The maximum Gasteiger partial charge on any atom is 0.408 e. The molecule has 0 radical (unpaired) electrons. The number of alkyl halides is 3. The zero-order valence-electron chi connectivity index (χ0n) is 13.5. The van der Waals surface area contributed by atoms with Gasteiger partial charge in [0.2, 0.25) is 5.91 Å². The van der Waals surface area contributed by atoms with E-state index in [1.807, 2.05) is 0 Å². The van der Waals surface area contributed by atoms with Crippen molar-refractivity contribution < 1.29 is 37.4 Å². The fourth-order valence-corrected chi connectivity index (χ4v) is 2.07. The van der Waals surface area contributed by atoms with E-state index in [0.29, 0.717) is 4.90 Å². The van der Waals surface area contributed by atoms with Crippen LogP contribution in [0.25, 0.3) is 0 Å². The number of alkyl carbamates (subject to hydrolysis) is 1. The summed E-state index contributed by atoms with van der Waals surface area (Å²) in [7, 11) is 0. The van der Waals surface area contributed by atoms with Crippen molar-refractivity contribution in [2.45, 2.75) is 38.6 Å². The molecule has 0 aromatic carbocycles. The number of halogens is 3. The standard InChI is InChI=1S/C13H20F3N3O5/c1-12(2,3)24-10(21)17-8-6-18(11(22)23)4-5-19(9(8)20)7-13(14,15)16/h8H,4-7H2,1-3H3,(H,17,21)(H,22,23). The van der Waals surface area contributed by atoms with Gasteiger partial charge < -0.3 is 25.0 Å². The molecule has 1 atom stereocenters. The van der Waals surface area contributed by atoms with Gasteiger partial charge in [-0.05, 0) is 20.8 Å². The summed E-state index contributed by atoms with van der Waals surface area (Å²) in [6.45, 7) is 2.03. The largest absolute Gasteiger partial charge is 0.465 e. The number of carboxylic acid groups (broad SMARTS) is 1. The molecule has 0 aliphatic carbocycles. The lowest BCUT2D eigenvalue weighted by atomic mass is 10.2. The Hall–Kier alpha value is -2.20. The van der Waals surface area contributed by atoms with E-state index in [0.717, 1.165) is 4.90 Å². The molecule has 138 valence electrons. The minimum Gasteiger partial charge on any atom is -0.465 e. The minimum absolute atomic E-state index is 0.288. The number of hydrogen-bond donors (Lipinski definition) is 2. The normalized spacial score (nSPS) is 19.8. The molecule has 1 aliphatic rings. The third kappa shape index (κ3) is 6.50. The summed E-state index contributed by atoms with van der Waals surface area (Å²) in [4.78, 5) is 36.3. The lowest BCUT2D eigenvalue weighted by Gasteiger charge is -2.26. The first kappa shape index (κ1) is 19.8. The molecule has 1 unspecified atom stereocenters. The summed E-state index contributed by atoms with van der Waals surface area (Å²) in [6.07, 6.45) is -7.04. The number of amides is 3. The Balaban J connectivity index is 2.92. The third-order valence-electron chi connectivity index (χ3n) is 2.98. The topological polar surface area (TPSA) is 99.2 Å². The maximum absolute atomic E-state index is 12.6. The molecule has 0 saturated carbocycles. The lowest BCUT2D eigenvalue weighted by molar-refractivity contribution is -0.161. The van der Waals surface area contributed by atoms with Crippen molar-refractivity contribution in [3.63, 3.8) is 0 Å². The molecular weight excluding hydrogens is 335 g/mol. The molecule has 2 N–H and O–H groups in total. The fraction of sp³-hybridized carbons (Fsp3) is 0.769.